The van der Waals surface area contributed by atoms with Crippen molar-refractivity contribution in [1.82, 2.24) is 4.90 Å². The molecule has 1 aliphatic carbocycles. The summed E-state index contributed by atoms with van der Waals surface area (Å²) in [5.41, 5.74) is 2.23. The number of ether oxygens (including phenoxy) is 1. The summed E-state index contributed by atoms with van der Waals surface area (Å²) in [6.07, 6.45) is 8.73. The Morgan fingerprint density at radius 2 is 1.84 bits per heavy atom. The largest absolute Gasteiger partial charge is 0.490 e. The molecule has 0 bridgehead atoms. The summed E-state index contributed by atoms with van der Waals surface area (Å²) < 4.78 is 21.1. The Morgan fingerprint density at radius 1 is 1.13 bits per heavy atom. The number of aliphatic imine (C=N–C) groups is 1. The van der Waals surface area contributed by atoms with Crippen LogP contribution in [0.2, 0.25) is 0 Å². The molecule has 2 aliphatic rings. The Balaban J connectivity index is 1.39. The van der Waals surface area contributed by atoms with Gasteiger partial charge in [-0.3, -0.25) is 9.79 Å². The molecule has 0 unspecified atom stereocenters. The van der Waals surface area contributed by atoms with Crippen LogP contribution in [-0.2, 0) is 4.79 Å². The fraction of sp³-hybridized carbons (Fsp3) is 0.385. The van der Waals surface area contributed by atoms with Crippen LogP contribution in [0, 0.1) is 11.7 Å². The standard InChI is InChI=1S/C26H29FN2O2/c1-3-5-19-10-13-23(24(27)25(19)28-2)18-8-11-21(12-9-18)31-22-14-16-29(17-15-22)26(30)20-6-4-7-20/h3,5,8-13,20,22H,2,4,6-7,14-17H2,1H3/b5-3-. The van der Waals surface area contributed by atoms with Gasteiger partial charge in [-0.2, -0.15) is 0 Å². The quantitative estimate of drug-likeness (QED) is 0.536. The van der Waals surface area contributed by atoms with Crippen LogP contribution in [0.3, 0.4) is 0 Å². The van der Waals surface area contributed by atoms with Crippen molar-refractivity contribution >= 4 is 24.4 Å². The van der Waals surface area contributed by atoms with E-state index in [4.69, 9.17) is 4.74 Å². The number of piperidine rings is 1. The van der Waals surface area contributed by atoms with E-state index in [9.17, 15) is 9.18 Å². The van der Waals surface area contributed by atoms with Crippen molar-refractivity contribution in [3.8, 4) is 16.9 Å². The molecule has 2 fully saturated rings. The highest BCUT2D eigenvalue weighted by molar-refractivity contribution is 5.79. The molecule has 1 saturated carbocycles. The van der Waals surface area contributed by atoms with Gasteiger partial charge in [0.15, 0.2) is 5.82 Å². The first-order chi connectivity index (χ1) is 15.1. The number of hydrogen-bond acceptors (Lipinski definition) is 3. The van der Waals surface area contributed by atoms with E-state index in [1.807, 2.05) is 54.3 Å². The average molecular weight is 421 g/mol. The van der Waals surface area contributed by atoms with Crippen LogP contribution in [0.1, 0.15) is 44.6 Å². The molecule has 0 N–H and O–H groups in total. The minimum Gasteiger partial charge on any atom is -0.490 e. The molecule has 0 radical (unpaired) electrons. The minimum atomic E-state index is -0.372. The van der Waals surface area contributed by atoms with Crippen LogP contribution in [0.15, 0.2) is 47.5 Å². The fourth-order valence-corrected chi connectivity index (χ4v) is 4.29. The van der Waals surface area contributed by atoms with Crippen LogP contribution >= 0.6 is 0 Å². The summed E-state index contributed by atoms with van der Waals surface area (Å²) in [5.74, 6) is 0.975. The van der Waals surface area contributed by atoms with Gasteiger partial charge in [0.25, 0.3) is 0 Å². The first kappa shape index (κ1) is 21.3. The van der Waals surface area contributed by atoms with Crippen molar-refractivity contribution in [2.45, 2.75) is 45.1 Å². The number of nitrogens with zero attached hydrogens (tertiary/aromatic N) is 2. The molecule has 0 aromatic heterocycles. The number of carbonyl (C=O) groups is 1. The summed E-state index contributed by atoms with van der Waals surface area (Å²) in [5, 5.41) is 0. The summed E-state index contributed by atoms with van der Waals surface area (Å²) >= 11 is 0. The monoisotopic (exact) mass is 420 g/mol. The first-order valence-electron chi connectivity index (χ1n) is 11.1. The van der Waals surface area contributed by atoms with Crippen molar-refractivity contribution < 1.29 is 13.9 Å². The topological polar surface area (TPSA) is 41.9 Å². The van der Waals surface area contributed by atoms with Crippen LogP contribution in [0.5, 0.6) is 5.75 Å². The SMILES string of the molecule is C=Nc1c(/C=C\C)ccc(-c2ccc(OC3CCN(C(=O)C4CCC4)CC3)cc2)c1F. The highest BCUT2D eigenvalue weighted by Crippen LogP contribution is 2.34. The second kappa shape index (κ2) is 9.46. The average Bonchev–Trinajstić information content (AvgIpc) is 2.74. The van der Waals surface area contributed by atoms with E-state index >= 15 is 0 Å². The highest BCUT2D eigenvalue weighted by Gasteiger charge is 2.32. The van der Waals surface area contributed by atoms with Gasteiger partial charge in [0.05, 0.1) is 0 Å². The maximum absolute atomic E-state index is 15.0. The molecule has 4 nitrogen and oxygen atoms in total. The minimum absolute atomic E-state index is 0.102. The molecule has 2 aromatic carbocycles. The van der Waals surface area contributed by atoms with Crippen molar-refractivity contribution in [2.24, 2.45) is 10.9 Å². The van der Waals surface area contributed by atoms with Gasteiger partial charge >= 0.3 is 0 Å². The van der Waals surface area contributed by atoms with E-state index < -0.39 is 0 Å². The summed E-state index contributed by atoms with van der Waals surface area (Å²) in [4.78, 5) is 18.3. The Labute approximate surface area is 183 Å². The smallest absolute Gasteiger partial charge is 0.225 e. The van der Waals surface area contributed by atoms with Crippen molar-refractivity contribution in [3.63, 3.8) is 0 Å². The molecule has 1 amide bonds. The molecular weight excluding hydrogens is 391 g/mol. The third-order valence-corrected chi connectivity index (χ3v) is 6.33. The van der Waals surface area contributed by atoms with Gasteiger partial charge in [0, 0.05) is 43.0 Å². The van der Waals surface area contributed by atoms with Crippen LogP contribution in [-0.4, -0.2) is 36.7 Å². The van der Waals surface area contributed by atoms with Crippen molar-refractivity contribution in [1.29, 1.82) is 0 Å². The van der Waals surface area contributed by atoms with Crippen molar-refractivity contribution in [2.75, 3.05) is 13.1 Å². The first-order valence-corrected chi connectivity index (χ1v) is 11.1. The van der Waals surface area contributed by atoms with E-state index in [1.165, 1.54) is 6.42 Å². The number of halogens is 1. The Morgan fingerprint density at radius 3 is 2.42 bits per heavy atom. The van der Waals surface area contributed by atoms with E-state index in [1.54, 1.807) is 6.07 Å². The predicted octanol–water partition coefficient (Wildman–Crippen LogP) is 6.03. The van der Waals surface area contributed by atoms with Crippen LogP contribution in [0.25, 0.3) is 17.2 Å². The van der Waals surface area contributed by atoms with Gasteiger partial charge in [-0.05, 0) is 44.2 Å². The summed E-state index contributed by atoms with van der Waals surface area (Å²) in [6.45, 7) is 6.92. The molecule has 0 spiro atoms. The molecule has 1 saturated heterocycles. The number of rotatable bonds is 6. The van der Waals surface area contributed by atoms with E-state index in [0.717, 1.165) is 50.1 Å². The molecule has 4 rings (SSSR count). The van der Waals surface area contributed by atoms with Gasteiger partial charge in [-0.1, -0.05) is 42.8 Å². The lowest BCUT2D eigenvalue weighted by Gasteiger charge is -2.36. The Kier molecular flexibility index (Phi) is 6.50. The molecule has 1 aliphatic heterocycles. The zero-order valence-corrected chi connectivity index (χ0v) is 18.0. The molecule has 2 aromatic rings. The normalized spacial score (nSPS) is 17.5. The highest BCUT2D eigenvalue weighted by atomic mass is 19.1. The maximum atomic E-state index is 15.0. The molecule has 5 heteroatoms. The second-order valence-corrected chi connectivity index (χ2v) is 8.32. The maximum Gasteiger partial charge on any atom is 0.225 e. The van der Waals surface area contributed by atoms with E-state index in [0.29, 0.717) is 17.0 Å². The van der Waals surface area contributed by atoms with Gasteiger partial charge in [0.1, 0.15) is 17.5 Å². The fourth-order valence-electron chi connectivity index (χ4n) is 4.29. The number of carbonyl (C=O) groups excluding carboxylic acids is 1. The Bertz CT molecular complexity index is 972. The van der Waals surface area contributed by atoms with E-state index in [-0.39, 0.29) is 23.5 Å². The number of likely N-dealkylation sites (tertiary alicyclic amines) is 1. The number of hydrogen-bond donors (Lipinski definition) is 0. The Hall–Kier alpha value is -2.95. The third-order valence-electron chi connectivity index (χ3n) is 6.33. The van der Waals surface area contributed by atoms with Gasteiger partial charge in [0.2, 0.25) is 5.91 Å². The van der Waals surface area contributed by atoms with Gasteiger partial charge in [-0.25, -0.2) is 4.39 Å². The van der Waals surface area contributed by atoms with Gasteiger partial charge < -0.3 is 9.64 Å². The van der Waals surface area contributed by atoms with Crippen LogP contribution < -0.4 is 4.74 Å². The zero-order chi connectivity index (χ0) is 21.8. The molecular formula is C26H29FN2O2. The lowest BCUT2D eigenvalue weighted by atomic mass is 9.84. The number of benzene rings is 2. The molecule has 31 heavy (non-hydrogen) atoms. The lowest BCUT2D eigenvalue weighted by molar-refractivity contribution is -0.140. The zero-order valence-electron chi connectivity index (χ0n) is 18.0. The number of amides is 1. The third kappa shape index (κ3) is 4.55. The molecule has 162 valence electrons. The molecule has 0 atom stereocenters. The number of allylic oxidation sites excluding steroid dienone is 1. The summed E-state index contributed by atoms with van der Waals surface area (Å²) in [6, 6.07) is 11.1. The molecule has 1 heterocycles. The second-order valence-electron chi connectivity index (χ2n) is 8.32. The lowest BCUT2D eigenvalue weighted by Crippen LogP contribution is -2.45. The van der Waals surface area contributed by atoms with E-state index in [2.05, 4.69) is 11.7 Å². The van der Waals surface area contributed by atoms with Crippen LogP contribution in [0.4, 0.5) is 10.1 Å². The predicted molar refractivity (Wildman–Crippen MR) is 123 cm³/mol. The van der Waals surface area contributed by atoms with Gasteiger partial charge in [-0.15, -0.1) is 0 Å². The summed E-state index contributed by atoms with van der Waals surface area (Å²) in [7, 11) is 0. The van der Waals surface area contributed by atoms with Crippen molar-refractivity contribution in [3.05, 3.63) is 53.9 Å².